The minimum atomic E-state index is -4.61. The van der Waals surface area contributed by atoms with Crippen LogP contribution in [-0.2, 0) is 24.6 Å². The minimum absolute atomic E-state index is 0.110. The van der Waals surface area contributed by atoms with E-state index in [1.807, 2.05) is 23.7 Å². The van der Waals surface area contributed by atoms with Gasteiger partial charge in [-0.2, -0.15) is 13.2 Å². The molecule has 1 aliphatic carbocycles. The van der Waals surface area contributed by atoms with E-state index in [0.717, 1.165) is 46.7 Å². The molecule has 5 rings (SSSR count). The molecule has 0 N–H and O–H groups in total. The Hall–Kier alpha value is -3.89. The molecule has 1 amide bonds. The van der Waals surface area contributed by atoms with Crippen molar-refractivity contribution in [3.63, 3.8) is 0 Å². The number of rotatable bonds is 6. The number of fused-ring (bicyclic) bond motifs is 1. The first kappa shape index (κ1) is 24.8. The molecular weight excluding hydrogens is 485 g/mol. The van der Waals surface area contributed by atoms with Gasteiger partial charge < -0.3 is 9.47 Å². The van der Waals surface area contributed by atoms with Crippen molar-refractivity contribution in [2.24, 2.45) is 13.0 Å². The zero-order chi connectivity index (χ0) is 26.5. The van der Waals surface area contributed by atoms with Gasteiger partial charge in [-0.3, -0.25) is 13.8 Å². The third-order valence-corrected chi connectivity index (χ3v) is 7.24. The van der Waals surface area contributed by atoms with Gasteiger partial charge in [-0.25, -0.2) is 4.79 Å². The van der Waals surface area contributed by atoms with Crippen molar-refractivity contribution >= 4 is 11.4 Å². The second-order valence-electron chi connectivity index (χ2n) is 9.73. The molecule has 1 aliphatic rings. The maximum absolute atomic E-state index is 13.7. The van der Waals surface area contributed by atoms with Gasteiger partial charge in [-0.1, -0.05) is 12.5 Å². The van der Waals surface area contributed by atoms with Crippen molar-refractivity contribution < 1.29 is 18.0 Å². The van der Waals surface area contributed by atoms with Crippen molar-refractivity contribution in [3.05, 3.63) is 82.1 Å². The van der Waals surface area contributed by atoms with Crippen LogP contribution in [0.4, 0.5) is 13.2 Å². The first-order valence-corrected chi connectivity index (χ1v) is 12.0. The smallest absolute Gasteiger partial charge is 0.342 e. The molecule has 11 heteroatoms. The van der Waals surface area contributed by atoms with Gasteiger partial charge in [0, 0.05) is 45.9 Å². The van der Waals surface area contributed by atoms with Crippen LogP contribution >= 0.6 is 0 Å². The summed E-state index contributed by atoms with van der Waals surface area (Å²) in [5, 5.41) is 8.41. The van der Waals surface area contributed by atoms with Crippen LogP contribution in [-0.4, -0.2) is 41.6 Å². The highest BCUT2D eigenvalue weighted by atomic mass is 19.4. The summed E-state index contributed by atoms with van der Waals surface area (Å²) >= 11 is 0. The van der Waals surface area contributed by atoms with Crippen molar-refractivity contribution in [2.45, 2.75) is 44.8 Å². The molecule has 0 aliphatic heterocycles. The van der Waals surface area contributed by atoms with Crippen molar-refractivity contribution in [2.75, 3.05) is 7.05 Å². The fourth-order valence-electron chi connectivity index (χ4n) is 5.01. The van der Waals surface area contributed by atoms with Crippen LogP contribution in [0.3, 0.4) is 0 Å². The van der Waals surface area contributed by atoms with Gasteiger partial charge in [0.15, 0.2) is 0 Å². The Bertz CT molecular complexity index is 1530. The summed E-state index contributed by atoms with van der Waals surface area (Å²) in [5.41, 5.74) is 0.348. The maximum atomic E-state index is 13.7. The molecule has 0 spiro atoms. The zero-order valence-electron chi connectivity index (χ0n) is 20.7. The van der Waals surface area contributed by atoms with E-state index in [9.17, 15) is 22.8 Å². The fourth-order valence-corrected chi connectivity index (χ4v) is 5.01. The second kappa shape index (κ2) is 9.20. The number of halogens is 3. The number of benzene rings is 1. The Balaban J connectivity index is 1.71. The Kier molecular flexibility index (Phi) is 6.17. The summed E-state index contributed by atoms with van der Waals surface area (Å²) < 4.78 is 45.1. The van der Waals surface area contributed by atoms with Gasteiger partial charge in [0.25, 0.3) is 0 Å². The van der Waals surface area contributed by atoms with E-state index >= 15 is 0 Å². The van der Waals surface area contributed by atoms with E-state index in [-0.39, 0.29) is 23.9 Å². The monoisotopic (exact) mass is 512 g/mol. The van der Waals surface area contributed by atoms with Gasteiger partial charge in [-0.05, 0) is 54.2 Å². The zero-order valence-corrected chi connectivity index (χ0v) is 20.7. The highest BCUT2D eigenvalue weighted by Gasteiger charge is 2.35. The van der Waals surface area contributed by atoms with Crippen molar-refractivity contribution in [3.8, 4) is 5.69 Å². The molecule has 8 nitrogen and oxygen atoms in total. The first-order valence-electron chi connectivity index (χ1n) is 12.0. The fraction of sp³-hybridized carbons (Fsp3) is 0.385. The van der Waals surface area contributed by atoms with Crippen LogP contribution in [0.5, 0.6) is 0 Å². The SMILES string of the molecule is CC(=O)N(C)Cc1cc([C@@H](c2nncn2C)C2CCC2)cc(-n2cc3c(C(F)(F)F)cccn3c2=O)c1. The Morgan fingerprint density at radius 2 is 2.00 bits per heavy atom. The molecular formula is C26H27F3N6O2. The average molecular weight is 513 g/mol. The lowest BCUT2D eigenvalue weighted by molar-refractivity contribution is -0.136. The lowest BCUT2D eigenvalue weighted by Crippen LogP contribution is -2.26. The lowest BCUT2D eigenvalue weighted by Gasteiger charge is -2.34. The molecule has 0 saturated heterocycles. The molecule has 1 saturated carbocycles. The number of imidazole rings is 1. The average Bonchev–Trinajstić information content (AvgIpc) is 3.38. The summed E-state index contributed by atoms with van der Waals surface area (Å²) in [4.78, 5) is 26.8. The molecule has 0 unspecified atom stereocenters. The van der Waals surface area contributed by atoms with Crippen molar-refractivity contribution in [1.82, 2.24) is 28.6 Å². The summed E-state index contributed by atoms with van der Waals surface area (Å²) in [6, 6.07) is 7.74. The van der Waals surface area contributed by atoms with Gasteiger partial charge >= 0.3 is 11.9 Å². The standard InChI is InChI=1S/C26H27F3N6O2/c1-16(36)32(2)13-17-10-19(23(18-6-4-7-18)24-31-30-15-33(24)3)12-20(11-17)35-14-22-21(26(27,28)29)8-5-9-34(22)25(35)37/h5,8-12,14-15,18,23H,4,6-7,13H2,1-3H3/t23-/m0/s1. The number of hydrogen-bond acceptors (Lipinski definition) is 4. The number of carbonyl (C=O) groups excluding carboxylic acids is 1. The lowest BCUT2D eigenvalue weighted by atomic mass is 9.72. The largest absolute Gasteiger partial charge is 0.418 e. The second-order valence-corrected chi connectivity index (χ2v) is 9.73. The Morgan fingerprint density at radius 1 is 1.24 bits per heavy atom. The molecule has 4 aromatic rings. The van der Waals surface area contributed by atoms with E-state index in [1.165, 1.54) is 30.0 Å². The summed E-state index contributed by atoms with van der Waals surface area (Å²) in [5.74, 6) is 0.859. The van der Waals surface area contributed by atoms with Gasteiger partial charge in [0.05, 0.1) is 16.8 Å². The number of hydrogen-bond donors (Lipinski definition) is 0. The molecule has 1 fully saturated rings. The van der Waals surface area contributed by atoms with E-state index in [0.29, 0.717) is 11.6 Å². The molecule has 3 aromatic heterocycles. The normalized spacial score (nSPS) is 15.1. The van der Waals surface area contributed by atoms with Crippen LogP contribution in [0, 0.1) is 5.92 Å². The molecule has 194 valence electrons. The molecule has 37 heavy (non-hydrogen) atoms. The van der Waals surface area contributed by atoms with Crippen molar-refractivity contribution in [1.29, 1.82) is 0 Å². The third kappa shape index (κ3) is 4.54. The molecule has 0 bridgehead atoms. The predicted molar refractivity (Wildman–Crippen MR) is 130 cm³/mol. The van der Waals surface area contributed by atoms with Crippen LogP contribution in [0.1, 0.15) is 54.6 Å². The number of carbonyl (C=O) groups is 1. The van der Waals surface area contributed by atoms with Crippen LogP contribution in [0.2, 0.25) is 0 Å². The maximum Gasteiger partial charge on any atom is 0.418 e. The molecule has 3 heterocycles. The van der Waals surface area contributed by atoms with Crippen LogP contribution in [0.15, 0.2) is 53.8 Å². The van der Waals surface area contributed by atoms with Crippen LogP contribution in [0.25, 0.3) is 11.2 Å². The van der Waals surface area contributed by atoms with E-state index < -0.39 is 17.4 Å². The van der Waals surface area contributed by atoms with Gasteiger partial charge in [0.1, 0.15) is 12.2 Å². The summed E-state index contributed by atoms with van der Waals surface area (Å²) in [6.45, 7) is 1.74. The summed E-state index contributed by atoms with van der Waals surface area (Å²) in [7, 11) is 3.55. The van der Waals surface area contributed by atoms with E-state index in [4.69, 9.17) is 0 Å². The number of amides is 1. The van der Waals surface area contributed by atoms with E-state index in [1.54, 1.807) is 24.3 Å². The number of aromatic nitrogens is 5. The third-order valence-electron chi connectivity index (χ3n) is 7.24. The highest BCUT2D eigenvalue weighted by Crippen LogP contribution is 2.43. The van der Waals surface area contributed by atoms with E-state index in [2.05, 4.69) is 10.2 Å². The molecule has 1 aromatic carbocycles. The molecule has 0 radical (unpaired) electrons. The number of pyridine rings is 1. The summed E-state index contributed by atoms with van der Waals surface area (Å²) in [6.07, 6.45) is 2.70. The topological polar surface area (TPSA) is 77.4 Å². The molecule has 1 atom stereocenters. The predicted octanol–water partition coefficient (Wildman–Crippen LogP) is 4.15. The highest BCUT2D eigenvalue weighted by molar-refractivity contribution is 5.72. The quantitative estimate of drug-likeness (QED) is 0.389. The first-order chi connectivity index (χ1) is 17.5. The number of aryl methyl sites for hydroxylation is 1. The van der Waals surface area contributed by atoms with Gasteiger partial charge in [0.2, 0.25) is 5.91 Å². The minimum Gasteiger partial charge on any atom is -0.342 e. The van der Waals surface area contributed by atoms with Gasteiger partial charge in [-0.15, -0.1) is 10.2 Å². The Morgan fingerprint density at radius 3 is 2.59 bits per heavy atom. The number of nitrogens with zero attached hydrogens (tertiary/aromatic N) is 6. The van der Waals surface area contributed by atoms with Crippen LogP contribution < -0.4 is 5.69 Å². The Labute approximate surface area is 211 Å². The number of alkyl halides is 3.